The van der Waals surface area contributed by atoms with E-state index in [2.05, 4.69) is 5.32 Å². The van der Waals surface area contributed by atoms with Crippen molar-refractivity contribution >= 4 is 5.91 Å². The Bertz CT molecular complexity index is 337. The number of benzene rings is 1. The van der Waals surface area contributed by atoms with Gasteiger partial charge in [-0.25, -0.2) is 4.39 Å². The van der Waals surface area contributed by atoms with Crippen LogP contribution in [0.1, 0.15) is 25.5 Å². The first-order chi connectivity index (χ1) is 7.00. The maximum absolute atomic E-state index is 12.6. The summed E-state index contributed by atoms with van der Waals surface area (Å²) in [5, 5.41) is 3.02. The van der Waals surface area contributed by atoms with Crippen LogP contribution in [0.3, 0.4) is 0 Å². The Hall–Kier alpha value is -1.42. The summed E-state index contributed by atoms with van der Waals surface area (Å²) in [6.45, 7) is 3.59. The smallest absolute Gasteiger partial charge is 0.234 e. The molecule has 0 aliphatic rings. The van der Waals surface area contributed by atoms with Crippen LogP contribution in [0, 0.1) is 5.82 Å². The fourth-order valence-corrected chi connectivity index (χ4v) is 1.30. The highest BCUT2D eigenvalue weighted by atomic mass is 19.1. The molecule has 0 spiro atoms. The normalized spacial score (nSPS) is 14.6. The standard InChI is InChI=1S/C11H15FN2O/c1-7(14-8(2)11(13)15)9-3-5-10(12)6-4-9/h3-8,14H,1-2H3,(H2,13,15)/t7-,8?/m1/s1. The molecule has 2 atom stereocenters. The van der Waals surface area contributed by atoms with Crippen LogP contribution in [0.5, 0.6) is 0 Å². The summed E-state index contributed by atoms with van der Waals surface area (Å²) < 4.78 is 12.6. The van der Waals surface area contributed by atoms with Gasteiger partial charge in [0.1, 0.15) is 5.82 Å². The number of nitrogens with two attached hydrogens (primary N) is 1. The van der Waals surface area contributed by atoms with Gasteiger partial charge in [0, 0.05) is 6.04 Å². The fraction of sp³-hybridized carbons (Fsp3) is 0.364. The molecule has 0 saturated heterocycles. The van der Waals surface area contributed by atoms with E-state index in [9.17, 15) is 9.18 Å². The molecule has 0 aromatic heterocycles. The van der Waals surface area contributed by atoms with Crippen molar-refractivity contribution in [3.8, 4) is 0 Å². The van der Waals surface area contributed by atoms with Gasteiger partial charge in [-0.1, -0.05) is 12.1 Å². The largest absolute Gasteiger partial charge is 0.368 e. The van der Waals surface area contributed by atoms with Crippen molar-refractivity contribution in [1.82, 2.24) is 5.32 Å². The Balaban J connectivity index is 2.64. The van der Waals surface area contributed by atoms with Crippen molar-refractivity contribution in [2.24, 2.45) is 5.73 Å². The van der Waals surface area contributed by atoms with Crippen LogP contribution in [-0.4, -0.2) is 11.9 Å². The first-order valence-electron chi connectivity index (χ1n) is 4.81. The minimum atomic E-state index is -0.399. The molecular weight excluding hydrogens is 195 g/mol. The van der Waals surface area contributed by atoms with Crippen molar-refractivity contribution in [2.45, 2.75) is 25.9 Å². The Morgan fingerprint density at radius 1 is 1.33 bits per heavy atom. The maximum atomic E-state index is 12.6. The lowest BCUT2D eigenvalue weighted by atomic mass is 10.1. The van der Waals surface area contributed by atoms with Crippen molar-refractivity contribution in [3.63, 3.8) is 0 Å². The number of hydrogen-bond donors (Lipinski definition) is 2. The Morgan fingerprint density at radius 3 is 2.33 bits per heavy atom. The number of primary amides is 1. The summed E-state index contributed by atoms with van der Waals surface area (Å²) >= 11 is 0. The van der Waals surface area contributed by atoms with Gasteiger partial charge in [0.2, 0.25) is 5.91 Å². The molecule has 0 heterocycles. The lowest BCUT2D eigenvalue weighted by Crippen LogP contribution is -2.39. The average molecular weight is 210 g/mol. The maximum Gasteiger partial charge on any atom is 0.234 e. The van der Waals surface area contributed by atoms with Gasteiger partial charge in [-0.15, -0.1) is 0 Å². The number of carbonyl (C=O) groups is 1. The molecule has 15 heavy (non-hydrogen) atoms. The zero-order valence-corrected chi connectivity index (χ0v) is 8.83. The van der Waals surface area contributed by atoms with Gasteiger partial charge in [-0.2, -0.15) is 0 Å². The SMILES string of the molecule is CC(N[C@H](C)c1ccc(F)cc1)C(N)=O. The molecule has 3 N–H and O–H groups in total. The molecule has 0 saturated carbocycles. The summed E-state index contributed by atoms with van der Waals surface area (Å²) in [5.41, 5.74) is 6.05. The molecule has 1 rings (SSSR count). The molecule has 3 nitrogen and oxygen atoms in total. The Morgan fingerprint density at radius 2 is 1.87 bits per heavy atom. The van der Waals surface area contributed by atoms with E-state index in [1.54, 1.807) is 19.1 Å². The molecule has 1 aromatic carbocycles. The van der Waals surface area contributed by atoms with E-state index in [1.807, 2.05) is 6.92 Å². The molecule has 82 valence electrons. The molecule has 1 aromatic rings. The van der Waals surface area contributed by atoms with Crippen molar-refractivity contribution in [1.29, 1.82) is 0 Å². The molecular formula is C11H15FN2O. The lowest BCUT2D eigenvalue weighted by molar-refractivity contribution is -0.119. The van der Waals surface area contributed by atoms with E-state index in [0.29, 0.717) is 0 Å². The highest BCUT2D eigenvalue weighted by molar-refractivity contribution is 5.79. The molecule has 0 bridgehead atoms. The minimum Gasteiger partial charge on any atom is -0.368 e. The Kier molecular flexibility index (Phi) is 3.80. The van der Waals surface area contributed by atoms with Gasteiger partial charge in [-0.3, -0.25) is 10.1 Å². The quantitative estimate of drug-likeness (QED) is 0.788. The van der Waals surface area contributed by atoms with Crippen molar-refractivity contribution in [3.05, 3.63) is 35.6 Å². The molecule has 0 radical (unpaired) electrons. The van der Waals surface area contributed by atoms with Crippen molar-refractivity contribution < 1.29 is 9.18 Å². The van der Waals surface area contributed by atoms with E-state index in [1.165, 1.54) is 12.1 Å². The predicted octanol–water partition coefficient (Wildman–Crippen LogP) is 1.35. The van der Waals surface area contributed by atoms with Crippen LogP contribution in [-0.2, 0) is 4.79 Å². The number of nitrogens with one attached hydrogen (secondary N) is 1. The van der Waals surface area contributed by atoms with Crippen LogP contribution in [0.4, 0.5) is 4.39 Å². The van der Waals surface area contributed by atoms with Crippen LogP contribution >= 0.6 is 0 Å². The second kappa shape index (κ2) is 4.89. The first-order valence-corrected chi connectivity index (χ1v) is 4.81. The van der Waals surface area contributed by atoms with Gasteiger partial charge in [0.05, 0.1) is 6.04 Å². The van der Waals surface area contributed by atoms with E-state index in [-0.39, 0.29) is 11.9 Å². The average Bonchev–Trinajstić information content (AvgIpc) is 2.18. The Labute approximate surface area is 88.5 Å². The second-order valence-corrected chi connectivity index (χ2v) is 3.56. The van der Waals surface area contributed by atoms with Crippen LogP contribution < -0.4 is 11.1 Å². The first kappa shape index (κ1) is 11.7. The highest BCUT2D eigenvalue weighted by Crippen LogP contribution is 2.13. The zero-order chi connectivity index (χ0) is 11.4. The van der Waals surface area contributed by atoms with E-state index in [0.717, 1.165) is 5.56 Å². The molecule has 0 aliphatic carbocycles. The number of rotatable bonds is 4. The van der Waals surface area contributed by atoms with Gasteiger partial charge < -0.3 is 5.73 Å². The second-order valence-electron chi connectivity index (χ2n) is 3.56. The topological polar surface area (TPSA) is 55.1 Å². The van der Waals surface area contributed by atoms with Gasteiger partial charge in [-0.05, 0) is 31.5 Å². The third kappa shape index (κ3) is 3.32. The third-order valence-corrected chi connectivity index (χ3v) is 2.30. The predicted molar refractivity (Wildman–Crippen MR) is 56.6 cm³/mol. The van der Waals surface area contributed by atoms with Crippen LogP contribution in [0.2, 0.25) is 0 Å². The number of amides is 1. The summed E-state index contributed by atoms with van der Waals surface area (Å²) in [5.74, 6) is -0.669. The number of hydrogen-bond acceptors (Lipinski definition) is 2. The van der Waals surface area contributed by atoms with Gasteiger partial charge in [0.15, 0.2) is 0 Å². The van der Waals surface area contributed by atoms with E-state index < -0.39 is 11.9 Å². The molecule has 1 amide bonds. The zero-order valence-electron chi connectivity index (χ0n) is 8.83. The summed E-state index contributed by atoms with van der Waals surface area (Å²) in [7, 11) is 0. The van der Waals surface area contributed by atoms with E-state index in [4.69, 9.17) is 5.73 Å². The number of carbonyl (C=O) groups excluding carboxylic acids is 1. The lowest BCUT2D eigenvalue weighted by Gasteiger charge is -2.17. The molecule has 1 unspecified atom stereocenters. The molecule has 0 aliphatic heterocycles. The van der Waals surface area contributed by atoms with Crippen molar-refractivity contribution in [2.75, 3.05) is 0 Å². The molecule has 0 fully saturated rings. The fourth-order valence-electron chi connectivity index (χ4n) is 1.30. The summed E-state index contributed by atoms with van der Waals surface area (Å²) in [6.07, 6.45) is 0. The van der Waals surface area contributed by atoms with Gasteiger partial charge in [0.25, 0.3) is 0 Å². The monoisotopic (exact) mass is 210 g/mol. The van der Waals surface area contributed by atoms with E-state index >= 15 is 0 Å². The number of halogens is 1. The highest BCUT2D eigenvalue weighted by Gasteiger charge is 2.12. The van der Waals surface area contributed by atoms with Gasteiger partial charge >= 0.3 is 0 Å². The third-order valence-electron chi connectivity index (χ3n) is 2.30. The molecule has 4 heteroatoms. The van der Waals surface area contributed by atoms with Crippen LogP contribution in [0.25, 0.3) is 0 Å². The minimum absolute atomic E-state index is 0.0342. The summed E-state index contributed by atoms with van der Waals surface area (Å²) in [6, 6.07) is 5.71. The summed E-state index contributed by atoms with van der Waals surface area (Å²) in [4.78, 5) is 10.8. The van der Waals surface area contributed by atoms with Crippen LogP contribution in [0.15, 0.2) is 24.3 Å².